The Labute approximate surface area is 106 Å². The first-order valence-corrected chi connectivity index (χ1v) is 5.49. The minimum atomic E-state index is -4.59. The highest BCUT2D eigenvalue weighted by Crippen LogP contribution is 2.27. The summed E-state index contributed by atoms with van der Waals surface area (Å²) < 4.78 is 38.6. The second-order valence-electron chi connectivity index (χ2n) is 3.74. The summed E-state index contributed by atoms with van der Waals surface area (Å²) in [7, 11) is 0. The first-order chi connectivity index (χ1) is 9.02. The Kier molecular flexibility index (Phi) is 3.55. The molecule has 2 heterocycles. The zero-order chi connectivity index (χ0) is 13.9. The highest BCUT2D eigenvalue weighted by atomic mass is 19.4. The van der Waals surface area contributed by atoms with E-state index >= 15 is 0 Å². The summed E-state index contributed by atoms with van der Waals surface area (Å²) in [6, 6.07) is 2.96. The van der Waals surface area contributed by atoms with E-state index < -0.39 is 12.0 Å². The van der Waals surface area contributed by atoms with Gasteiger partial charge < -0.3 is 5.32 Å². The normalized spacial score (nSPS) is 11.5. The number of nitrogens with one attached hydrogen (secondary N) is 1. The number of hydrogen-bond acceptors (Lipinski definition) is 4. The Morgan fingerprint density at radius 1 is 1.32 bits per heavy atom. The van der Waals surface area contributed by atoms with E-state index in [-0.39, 0.29) is 5.65 Å². The third kappa shape index (κ3) is 2.93. The fraction of sp³-hybridized carbons (Fsp3) is 0.364. The number of alkyl halides is 3. The number of hydrogen-bond donors (Lipinski definition) is 1. The van der Waals surface area contributed by atoms with E-state index in [0.29, 0.717) is 29.7 Å². The van der Waals surface area contributed by atoms with E-state index in [4.69, 9.17) is 6.42 Å². The monoisotopic (exact) mass is 269 g/mol. The van der Waals surface area contributed by atoms with Gasteiger partial charge >= 0.3 is 6.18 Å². The van der Waals surface area contributed by atoms with Crippen LogP contribution in [0.4, 0.5) is 19.0 Å². The van der Waals surface area contributed by atoms with E-state index in [9.17, 15) is 13.2 Å². The Morgan fingerprint density at radius 3 is 2.79 bits per heavy atom. The summed E-state index contributed by atoms with van der Waals surface area (Å²) in [6.07, 6.45) is 1.81. The zero-order valence-electron chi connectivity index (χ0n) is 9.78. The lowest BCUT2D eigenvalue weighted by Gasteiger charge is -2.06. The van der Waals surface area contributed by atoms with E-state index in [2.05, 4.69) is 26.5 Å². The summed E-state index contributed by atoms with van der Waals surface area (Å²) in [5, 5.41) is 13.2. The average molecular weight is 269 g/mol. The van der Waals surface area contributed by atoms with Crippen LogP contribution in [0.1, 0.15) is 18.7 Å². The summed E-state index contributed by atoms with van der Waals surface area (Å²) in [4.78, 5) is 0. The average Bonchev–Trinajstić information content (AvgIpc) is 2.77. The highest BCUT2D eigenvalue weighted by molar-refractivity contribution is 5.44. The van der Waals surface area contributed by atoms with Crippen molar-refractivity contribution in [2.45, 2.75) is 19.0 Å². The van der Waals surface area contributed by atoms with Crippen LogP contribution in [0.25, 0.3) is 5.65 Å². The molecular formula is C11H10F3N5. The molecule has 0 aliphatic carbocycles. The van der Waals surface area contributed by atoms with Crippen molar-refractivity contribution in [3.05, 3.63) is 18.0 Å². The van der Waals surface area contributed by atoms with Crippen molar-refractivity contribution in [3.8, 4) is 12.3 Å². The number of halogens is 3. The number of rotatable bonds is 4. The number of aromatic nitrogens is 4. The molecular weight excluding hydrogens is 259 g/mol. The molecule has 0 aromatic carbocycles. The van der Waals surface area contributed by atoms with Crippen molar-refractivity contribution in [2.24, 2.45) is 0 Å². The quantitative estimate of drug-likeness (QED) is 0.681. The van der Waals surface area contributed by atoms with Gasteiger partial charge in [-0.15, -0.1) is 27.6 Å². The SMILES string of the molecule is C#CCCCNc1ccc2nnc(C(F)(F)F)n2n1. The van der Waals surface area contributed by atoms with Gasteiger partial charge in [0, 0.05) is 13.0 Å². The number of anilines is 1. The maximum Gasteiger partial charge on any atom is 0.453 e. The topological polar surface area (TPSA) is 55.1 Å². The van der Waals surface area contributed by atoms with E-state index in [1.54, 1.807) is 6.07 Å². The summed E-state index contributed by atoms with van der Waals surface area (Å²) in [5.41, 5.74) is 0.0431. The summed E-state index contributed by atoms with van der Waals surface area (Å²) in [5.74, 6) is 1.65. The molecule has 2 aromatic rings. The molecule has 0 radical (unpaired) electrons. The minimum absolute atomic E-state index is 0.0431. The third-order valence-corrected chi connectivity index (χ3v) is 2.32. The van der Waals surface area contributed by atoms with Crippen LogP contribution in [0.3, 0.4) is 0 Å². The molecule has 0 saturated carbocycles. The van der Waals surface area contributed by atoms with Gasteiger partial charge in [0.25, 0.3) is 5.82 Å². The van der Waals surface area contributed by atoms with Gasteiger partial charge in [-0.05, 0) is 18.6 Å². The second-order valence-corrected chi connectivity index (χ2v) is 3.74. The summed E-state index contributed by atoms with van der Waals surface area (Å²) in [6.45, 7) is 0.534. The summed E-state index contributed by atoms with van der Waals surface area (Å²) >= 11 is 0. The molecule has 0 atom stereocenters. The molecule has 0 aliphatic heterocycles. The highest BCUT2D eigenvalue weighted by Gasteiger charge is 2.37. The van der Waals surface area contributed by atoms with Crippen LogP contribution in [0.2, 0.25) is 0 Å². The molecule has 0 unspecified atom stereocenters. The van der Waals surface area contributed by atoms with Gasteiger partial charge in [-0.3, -0.25) is 0 Å². The van der Waals surface area contributed by atoms with Crippen LogP contribution < -0.4 is 5.32 Å². The lowest BCUT2D eigenvalue weighted by atomic mass is 10.3. The van der Waals surface area contributed by atoms with Gasteiger partial charge in [-0.2, -0.15) is 17.7 Å². The lowest BCUT2D eigenvalue weighted by Crippen LogP contribution is -2.13. The van der Waals surface area contributed by atoms with Gasteiger partial charge in [-0.1, -0.05) is 0 Å². The number of terminal acetylenes is 1. The van der Waals surface area contributed by atoms with Crippen LogP contribution in [-0.2, 0) is 6.18 Å². The first-order valence-electron chi connectivity index (χ1n) is 5.49. The smallest absolute Gasteiger partial charge is 0.369 e. The van der Waals surface area contributed by atoms with Crippen molar-refractivity contribution in [1.29, 1.82) is 0 Å². The molecule has 0 spiro atoms. The minimum Gasteiger partial charge on any atom is -0.369 e. The fourth-order valence-electron chi connectivity index (χ4n) is 1.47. The molecule has 0 bridgehead atoms. The van der Waals surface area contributed by atoms with E-state index in [0.717, 1.165) is 0 Å². The van der Waals surface area contributed by atoms with E-state index in [1.807, 2.05) is 0 Å². The third-order valence-electron chi connectivity index (χ3n) is 2.32. The van der Waals surface area contributed by atoms with Crippen LogP contribution >= 0.6 is 0 Å². The molecule has 0 amide bonds. The molecule has 0 saturated heterocycles. The maximum atomic E-state index is 12.6. The second kappa shape index (κ2) is 5.14. The Morgan fingerprint density at radius 2 is 2.11 bits per heavy atom. The van der Waals surface area contributed by atoms with Crippen molar-refractivity contribution in [2.75, 3.05) is 11.9 Å². The van der Waals surface area contributed by atoms with Crippen molar-refractivity contribution < 1.29 is 13.2 Å². The van der Waals surface area contributed by atoms with Gasteiger partial charge in [0.05, 0.1) is 0 Å². The first kappa shape index (κ1) is 13.1. The van der Waals surface area contributed by atoms with Crippen molar-refractivity contribution in [3.63, 3.8) is 0 Å². The van der Waals surface area contributed by atoms with Crippen LogP contribution in [0.15, 0.2) is 12.1 Å². The predicted octanol–water partition coefficient (Wildman–Crippen LogP) is 1.97. The van der Waals surface area contributed by atoms with Crippen LogP contribution in [0.5, 0.6) is 0 Å². The lowest BCUT2D eigenvalue weighted by molar-refractivity contribution is -0.146. The molecule has 5 nitrogen and oxygen atoms in total. The van der Waals surface area contributed by atoms with Gasteiger partial charge in [-0.25, -0.2) is 0 Å². The zero-order valence-corrected chi connectivity index (χ0v) is 9.78. The van der Waals surface area contributed by atoms with Gasteiger partial charge in [0.15, 0.2) is 5.65 Å². The largest absolute Gasteiger partial charge is 0.453 e. The predicted molar refractivity (Wildman–Crippen MR) is 62.3 cm³/mol. The van der Waals surface area contributed by atoms with Crippen molar-refractivity contribution in [1.82, 2.24) is 19.8 Å². The van der Waals surface area contributed by atoms with Gasteiger partial charge in [0.1, 0.15) is 5.82 Å². The Bertz CT molecular complexity index is 611. The molecule has 100 valence electrons. The van der Waals surface area contributed by atoms with Crippen LogP contribution in [-0.4, -0.2) is 26.4 Å². The van der Waals surface area contributed by atoms with Crippen LogP contribution in [0, 0.1) is 12.3 Å². The standard InChI is InChI=1S/C11H10F3N5/c1-2-3-4-7-15-8-5-6-9-16-17-10(11(12,13)14)19(9)18-8/h1,5-6H,3-4,7H2,(H,15,18). The molecule has 0 fully saturated rings. The Hall–Kier alpha value is -2.30. The molecule has 8 heteroatoms. The number of fused-ring (bicyclic) bond motifs is 1. The number of unbranched alkanes of at least 4 members (excludes halogenated alkanes) is 1. The number of nitrogens with zero attached hydrogens (tertiary/aromatic N) is 4. The van der Waals surface area contributed by atoms with Gasteiger partial charge in [0.2, 0.25) is 0 Å². The molecule has 1 N–H and O–H groups in total. The molecule has 2 rings (SSSR count). The Balaban J connectivity index is 2.22. The molecule has 19 heavy (non-hydrogen) atoms. The van der Waals surface area contributed by atoms with E-state index in [1.165, 1.54) is 6.07 Å². The molecule has 2 aromatic heterocycles. The fourth-order valence-corrected chi connectivity index (χ4v) is 1.47. The maximum absolute atomic E-state index is 12.6. The van der Waals surface area contributed by atoms with Crippen molar-refractivity contribution >= 4 is 11.5 Å². The molecule has 0 aliphatic rings.